The second-order valence-electron chi connectivity index (χ2n) is 9.69. The Labute approximate surface area is 219 Å². The van der Waals surface area contributed by atoms with Crippen LogP contribution in [0.25, 0.3) is 0 Å². The molecular weight excluding hydrogens is 498 g/mol. The smallest absolute Gasteiger partial charge is 0.351 e. The molecular formula is C23H38N9O6+. The summed E-state index contributed by atoms with van der Waals surface area (Å²) in [5, 5.41) is 17.2. The zero-order valence-corrected chi connectivity index (χ0v) is 21.8. The van der Waals surface area contributed by atoms with Crippen molar-refractivity contribution in [3.05, 3.63) is 34.9 Å². The molecule has 1 aromatic heterocycles. The number of ether oxygens (including phenoxy) is 1. The van der Waals surface area contributed by atoms with Crippen LogP contribution in [-0.4, -0.2) is 64.1 Å². The van der Waals surface area contributed by atoms with E-state index >= 15 is 0 Å². The topological polar surface area (TPSA) is 262 Å². The Balaban J connectivity index is 2.25. The van der Waals surface area contributed by atoms with Crippen LogP contribution >= 0.6 is 0 Å². The SMILES string of the molecule is CC(C)C[C@H]([NH3+])C(=O)N[C@H](C(=O)N[C@H]1C=C[C@H](n2ccc(N)nc2=O)O[C@@H]1C(=O)[O-])C(C)CC[NH+]=C(N)N. The number of aliphatic carboxylic acids is 1. The van der Waals surface area contributed by atoms with Gasteiger partial charge in [0.25, 0.3) is 5.91 Å². The standard InChI is InChI=1S/C23H37N9O6/c1-11(2)10-13(24)19(33)31-17(12(3)6-8-28-22(26)27)20(34)29-14-4-5-16(38-18(14)21(35)36)32-9-7-15(25)30-23(32)37/h4-5,7,9,11-14,16-18H,6,8,10,24H2,1-3H3,(H,29,34)(H,31,33)(H,35,36)(H2,25,30,37)(H4,26,27,28)/p+1/t12?,13-,14-,16+,17-,18-/m0/s1. The van der Waals surface area contributed by atoms with Crippen molar-refractivity contribution in [1.29, 1.82) is 0 Å². The van der Waals surface area contributed by atoms with Crippen LogP contribution in [0.4, 0.5) is 5.82 Å². The number of nitrogen functional groups attached to an aromatic ring is 1. The average molecular weight is 537 g/mol. The molecule has 6 atom stereocenters. The molecule has 38 heavy (non-hydrogen) atoms. The summed E-state index contributed by atoms with van der Waals surface area (Å²) in [6.07, 6.45) is 2.25. The molecule has 0 radical (unpaired) electrons. The van der Waals surface area contributed by atoms with E-state index in [1.54, 1.807) is 6.92 Å². The van der Waals surface area contributed by atoms with E-state index in [9.17, 15) is 24.3 Å². The quantitative estimate of drug-likeness (QED) is 0.0755. The lowest BCUT2D eigenvalue weighted by Gasteiger charge is -2.35. The van der Waals surface area contributed by atoms with Crippen molar-refractivity contribution in [2.45, 2.75) is 64.1 Å². The molecule has 12 N–H and O–H groups in total. The fourth-order valence-corrected chi connectivity index (χ4v) is 3.98. The fraction of sp³-hybridized carbons (Fsp3) is 0.565. The van der Waals surface area contributed by atoms with E-state index in [0.717, 1.165) is 4.57 Å². The maximum absolute atomic E-state index is 13.3. The fourth-order valence-electron chi connectivity index (χ4n) is 3.98. The van der Waals surface area contributed by atoms with Crippen LogP contribution in [0.2, 0.25) is 0 Å². The van der Waals surface area contributed by atoms with Gasteiger partial charge in [-0.3, -0.25) is 30.6 Å². The van der Waals surface area contributed by atoms with E-state index in [-0.39, 0.29) is 17.7 Å². The van der Waals surface area contributed by atoms with Crippen LogP contribution in [0.1, 0.15) is 39.8 Å². The molecule has 0 saturated heterocycles. The van der Waals surface area contributed by atoms with Crippen molar-refractivity contribution >= 4 is 29.6 Å². The van der Waals surface area contributed by atoms with Crippen LogP contribution in [0, 0.1) is 11.8 Å². The zero-order chi connectivity index (χ0) is 28.6. The Morgan fingerprint density at radius 3 is 2.50 bits per heavy atom. The number of carboxylic acids is 1. The molecule has 0 saturated carbocycles. The van der Waals surface area contributed by atoms with Gasteiger partial charge in [-0.2, -0.15) is 4.98 Å². The Bertz CT molecular complexity index is 1110. The highest BCUT2D eigenvalue weighted by atomic mass is 16.5. The number of rotatable bonds is 12. The first-order valence-electron chi connectivity index (χ1n) is 12.2. The molecule has 15 heteroatoms. The molecule has 0 bridgehead atoms. The van der Waals surface area contributed by atoms with Gasteiger partial charge in [-0.1, -0.05) is 26.8 Å². The van der Waals surface area contributed by atoms with E-state index in [0.29, 0.717) is 19.4 Å². The van der Waals surface area contributed by atoms with Crippen LogP contribution in [-0.2, 0) is 19.1 Å². The Morgan fingerprint density at radius 1 is 1.24 bits per heavy atom. The average Bonchev–Trinajstić information content (AvgIpc) is 2.81. The van der Waals surface area contributed by atoms with Crippen LogP contribution < -0.4 is 49.4 Å². The maximum atomic E-state index is 13.3. The number of nitrogens with two attached hydrogens (primary N) is 3. The monoisotopic (exact) mass is 536 g/mol. The number of carbonyl (C=O) groups excluding carboxylic acids is 3. The lowest BCUT2D eigenvalue weighted by Crippen LogP contribution is -2.78. The summed E-state index contributed by atoms with van der Waals surface area (Å²) >= 11 is 0. The minimum Gasteiger partial charge on any atom is -0.547 e. The van der Waals surface area contributed by atoms with E-state index in [1.165, 1.54) is 24.4 Å². The van der Waals surface area contributed by atoms with Gasteiger partial charge in [-0.05, 0) is 30.4 Å². The Morgan fingerprint density at radius 2 is 1.92 bits per heavy atom. The first kappa shape index (κ1) is 30.2. The van der Waals surface area contributed by atoms with Crippen LogP contribution in [0.15, 0.2) is 29.2 Å². The maximum Gasteiger partial charge on any atom is 0.351 e. The first-order chi connectivity index (χ1) is 17.8. The second kappa shape index (κ2) is 13.5. The Hall–Kier alpha value is -3.98. The third-order valence-electron chi connectivity index (χ3n) is 5.97. The van der Waals surface area contributed by atoms with Gasteiger partial charge in [0.05, 0.1) is 18.6 Å². The number of anilines is 1. The summed E-state index contributed by atoms with van der Waals surface area (Å²) < 4.78 is 6.59. The number of quaternary nitrogens is 1. The van der Waals surface area contributed by atoms with E-state index in [2.05, 4.69) is 26.3 Å². The molecule has 0 aromatic carbocycles. The molecule has 1 aliphatic rings. The summed E-state index contributed by atoms with van der Waals surface area (Å²) in [6, 6.07) is -1.41. The number of carboxylic acid groups (broad SMARTS) is 1. The van der Waals surface area contributed by atoms with E-state index in [1.807, 2.05) is 13.8 Å². The predicted molar refractivity (Wildman–Crippen MR) is 134 cm³/mol. The number of guanidine groups is 1. The molecule has 0 aliphatic carbocycles. The summed E-state index contributed by atoms with van der Waals surface area (Å²) in [6.45, 7) is 5.99. The second-order valence-corrected chi connectivity index (χ2v) is 9.69. The molecule has 1 aliphatic heterocycles. The molecule has 210 valence electrons. The highest BCUT2D eigenvalue weighted by molar-refractivity contribution is 5.90. The molecule has 1 unspecified atom stereocenters. The molecule has 1 aromatic rings. The number of nitrogens with one attached hydrogen (secondary N) is 3. The number of hydrogen-bond acceptors (Lipinski definition) is 8. The van der Waals surface area contributed by atoms with Gasteiger partial charge >= 0.3 is 11.6 Å². The third-order valence-corrected chi connectivity index (χ3v) is 5.97. The molecule has 2 heterocycles. The van der Waals surface area contributed by atoms with Gasteiger partial charge in [0.2, 0.25) is 5.91 Å². The summed E-state index contributed by atoms with van der Waals surface area (Å²) in [7, 11) is 0. The largest absolute Gasteiger partial charge is 0.547 e. The minimum atomic E-state index is -1.64. The predicted octanol–water partition coefficient (Wildman–Crippen LogP) is -5.96. The van der Waals surface area contributed by atoms with Gasteiger partial charge in [-0.25, -0.2) is 4.79 Å². The molecule has 0 fully saturated rings. The summed E-state index contributed by atoms with van der Waals surface area (Å²) in [5.74, 6) is -2.84. The van der Waals surface area contributed by atoms with Crippen molar-refractivity contribution < 1.29 is 35.0 Å². The highest BCUT2D eigenvalue weighted by Crippen LogP contribution is 2.21. The van der Waals surface area contributed by atoms with Gasteiger partial charge in [0, 0.05) is 12.6 Å². The lowest BCUT2D eigenvalue weighted by molar-refractivity contribution is -0.461. The molecule has 2 amide bonds. The summed E-state index contributed by atoms with van der Waals surface area (Å²) in [5.41, 5.74) is 19.5. The van der Waals surface area contributed by atoms with Crippen molar-refractivity contribution in [2.75, 3.05) is 12.3 Å². The normalized spacial score (nSPS) is 21.2. The van der Waals surface area contributed by atoms with E-state index in [4.69, 9.17) is 21.9 Å². The summed E-state index contributed by atoms with van der Waals surface area (Å²) in [4.78, 5) is 56.5. The van der Waals surface area contributed by atoms with Crippen LogP contribution in [0.3, 0.4) is 0 Å². The molecule has 15 nitrogen and oxygen atoms in total. The minimum absolute atomic E-state index is 0.00464. The van der Waals surface area contributed by atoms with Gasteiger partial charge in [0.1, 0.15) is 18.0 Å². The Kier molecular flexibility index (Phi) is 10.8. The van der Waals surface area contributed by atoms with Crippen molar-refractivity contribution in [3.63, 3.8) is 0 Å². The van der Waals surface area contributed by atoms with Crippen molar-refractivity contribution in [2.24, 2.45) is 23.3 Å². The number of hydrogen-bond donors (Lipinski definition) is 7. The molecule has 0 spiro atoms. The zero-order valence-electron chi connectivity index (χ0n) is 21.8. The highest BCUT2D eigenvalue weighted by Gasteiger charge is 2.35. The van der Waals surface area contributed by atoms with Crippen LogP contribution in [0.5, 0.6) is 0 Å². The van der Waals surface area contributed by atoms with Gasteiger partial charge in [0.15, 0.2) is 12.3 Å². The van der Waals surface area contributed by atoms with E-state index < -0.39 is 59.8 Å². The van der Waals surface area contributed by atoms with Crippen molar-refractivity contribution in [3.8, 4) is 0 Å². The lowest BCUT2D eigenvalue weighted by atomic mass is 9.95. The number of nitrogens with zero attached hydrogens (tertiary/aromatic N) is 2. The van der Waals surface area contributed by atoms with Gasteiger partial charge in [-0.15, -0.1) is 0 Å². The van der Waals surface area contributed by atoms with Gasteiger partial charge < -0.3 is 36.7 Å². The number of aromatic nitrogens is 2. The third kappa shape index (κ3) is 8.55. The first-order valence-corrected chi connectivity index (χ1v) is 12.2. The molecule has 2 rings (SSSR count). The van der Waals surface area contributed by atoms with Crippen molar-refractivity contribution in [1.82, 2.24) is 20.2 Å². The number of amides is 2. The number of carbonyl (C=O) groups is 3.